The largest absolute Gasteiger partial charge is 0.389 e. The molecule has 4 N–H and O–H groups in total. The van der Waals surface area contributed by atoms with Gasteiger partial charge in [0.2, 0.25) is 5.91 Å². The van der Waals surface area contributed by atoms with Crippen molar-refractivity contribution in [2.75, 3.05) is 6.54 Å². The zero-order valence-electron chi connectivity index (χ0n) is 10.1. The Kier molecular flexibility index (Phi) is 4.30. The summed E-state index contributed by atoms with van der Waals surface area (Å²) in [5, 5.41) is 12.9. The van der Waals surface area contributed by atoms with Gasteiger partial charge in [-0.15, -0.1) is 0 Å². The SMILES string of the molecule is NC(=O)C[C@@H]1NC[C@@H](O)[C@@H]1OCc1ccccc1. The first-order valence-corrected chi connectivity index (χ1v) is 6.02. The Morgan fingerprint density at radius 3 is 2.83 bits per heavy atom. The number of ether oxygens (including phenoxy) is 1. The fraction of sp³-hybridized carbons (Fsp3) is 0.462. The molecule has 1 amide bonds. The Balaban J connectivity index is 1.91. The summed E-state index contributed by atoms with van der Waals surface area (Å²) in [5.74, 6) is -0.394. The molecule has 1 heterocycles. The molecule has 0 spiro atoms. The van der Waals surface area contributed by atoms with Crippen LogP contribution in [-0.2, 0) is 16.1 Å². The smallest absolute Gasteiger partial charge is 0.219 e. The molecular formula is C13H18N2O3. The van der Waals surface area contributed by atoms with Crippen molar-refractivity contribution >= 4 is 5.91 Å². The van der Waals surface area contributed by atoms with Gasteiger partial charge in [-0.2, -0.15) is 0 Å². The number of aliphatic hydroxyl groups is 1. The predicted octanol–water partition coefficient (Wildman–Crippen LogP) is -0.220. The van der Waals surface area contributed by atoms with Crippen molar-refractivity contribution in [3.05, 3.63) is 35.9 Å². The van der Waals surface area contributed by atoms with Crippen LogP contribution >= 0.6 is 0 Å². The van der Waals surface area contributed by atoms with Crippen LogP contribution in [0, 0.1) is 0 Å². The predicted molar refractivity (Wildman–Crippen MR) is 66.6 cm³/mol. The van der Waals surface area contributed by atoms with Crippen LogP contribution in [0.1, 0.15) is 12.0 Å². The van der Waals surface area contributed by atoms with Gasteiger partial charge < -0.3 is 20.9 Å². The van der Waals surface area contributed by atoms with Crippen LogP contribution in [0.4, 0.5) is 0 Å². The first kappa shape index (κ1) is 13.0. The molecule has 18 heavy (non-hydrogen) atoms. The number of nitrogens with two attached hydrogens (primary N) is 1. The molecule has 0 saturated carbocycles. The first-order chi connectivity index (χ1) is 8.66. The summed E-state index contributed by atoms with van der Waals surface area (Å²) < 4.78 is 5.69. The third kappa shape index (κ3) is 3.29. The van der Waals surface area contributed by atoms with E-state index >= 15 is 0 Å². The Labute approximate surface area is 106 Å². The van der Waals surface area contributed by atoms with Crippen LogP contribution in [0.3, 0.4) is 0 Å². The fourth-order valence-electron chi connectivity index (χ4n) is 2.17. The Bertz CT molecular complexity index is 396. The van der Waals surface area contributed by atoms with Gasteiger partial charge in [-0.3, -0.25) is 4.79 Å². The highest BCUT2D eigenvalue weighted by Gasteiger charge is 2.36. The van der Waals surface area contributed by atoms with E-state index in [4.69, 9.17) is 10.5 Å². The molecule has 98 valence electrons. The molecule has 0 radical (unpaired) electrons. The summed E-state index contributed by atoms with van der Waals surface area (Å²) >= 11 is 0. The van der Waals surface area contributed by atoms with E-state index < -0.39 is 18.1 Å². The third-order valence-electron chi connectivity index (χ3n) is 3.07. The lowest BCUT2D eigenvalue weighted by Gasteiger charge is -2.21. The Hall–Kier alpha value is -1.43. The van der Waals surface area contributed by atoms with Crippen molar-refractivity contribution in [2.24, 2.45) is 5.73 Å². The maximum atomic E-state index is 10.9. The molecule has 0 aliphatic carbocycles. The molecule has 1 aliphatic rings. The molecule has 1 aromatic carbocycles. The molecule has 0 aromatic heterocycles. The molecule has 1 aromatic rings. The van der Waals surface area contributed by atoms with Crippen LogP contribution in [0.2, 0.25) is 0 Å². The summed E-state index contributed by atoms with van der Waals surface area (Å²) in [6, 6.07) is 9.51. The van der Waals surface area contributed by atoms with Crippen LogP contribution in [0.5, 0.6) is 0 Å². The number of amides is 1. The highest BCUT2D eigenvalue weighted by atomic mass is 16.5. The molecule has 5 heteroatoms. The summed E-state index contributed by atoms with van der Waals surface area (Å²) in [7, 11) is 0. The number of aliphatic hydroxyl groups excluding tert-OH is 1. The maximum Gasteiger partial charge on any atom is 0.219 e. The van der Waals surface area contributed by atoms with Crippen molar-refractivity contribution in [2.45, 2.75) is 31.3 Å². The fourth-order valence-corrected chi connectivity index (χ4v) is 2.17. The molecule has 1 fully saturated rings. The van der Waals surface area contributed by atoms with Gasteiger partial charge in [-0.05, 0) is 5.56 Å². The number of primary amides is 1. The Morgan fingerprint density at radius 1 is 1.44 bits per heavy atom. The summed E-state index contributed by atoms with van der Waals surface area (Å²) in [6.45, 7) is 0.844. The third-order valence-corrected chi connectivity index (χ3v) is 3.07. The normalized spacial score (nSPS) is 27.3. The van der Waals surface area contributed by atoms with E-state index in [-0.39, 0.29) is 12.5 Å². The quantitative estimate of drug-likeness (QED) is 0.674. The second-order valence-electron chi connectivity index (χ2n) is 4.51. The molecule has 0 bridgehead atoms. The van der Waals surface area contributed by atoms with Crippen molar-refractivity contribution in [1.29, 1.82) is 0 Å². The summed E-state index contributed by atoms with van der Waals surface area (Å²) in [4.78, 5) is 10.9. The first-order valence-electron chi connectivity index (χ1n) is 6.02. The van der Waals surface area contributed by atoms with Crippen LogP contribution in [-0.4, -0.2) is 35.8 Å². The Morgan fingerprint density at radius 2 is 2.17 bits per heavy atom. The van der Waals surface area contributed by atoms with E-state index in [0.717, 1.165) is 5.56 Å². The molecule has 3 atom stereocenters. The second-order valence-corrected chi connectivity index (χ2v) is 4.51. The minimum absolute atomic E-state index is 0.177. The minimum Gasteiger partial charge on any atom is -0.389 e. The van der Waals surface area contributed by atoms with E-state index in [2.05, 4.69) is 5.32 Å². The lowest BCUT2D eigenvalue weighted by atomic mass is 10.1. The highest BCUT2D eigenvalue weighted by Crippen LogP contribution is 2.17. The van der Waals surface area contributed by atoms with Gasteiger partial charge >= 0.3 is 0 Å². The number of carbonyl (C=O) groups excluding carboxylic acids is 1. The number of nitrogens with one attached hydrogen (secondary N) is 1. The van der Waals surface area contributed by atoms with Gasteiger partial charge in [0.15, 0.2) is 0 Å². The van der Waals surface area contributed by atoms with Crippen molar-refractivity contribution < 1.29 is 14.6 Å². The van der Waals surface area contributed by atoms with Crippen LogP contribution in [0.25, 0.3) is 0 Å². The van der Waals surface area contributed by atoms with Gasteiger partial charge in [-0.25, -0.2) is 0 Å². The van der Waals surface area contributed by atoms with Crippen molar-refractivity contribution in [1.82, 2.24) is 5.32 Å². The number of hydrogen-bond donors (Lipinski definition) is 3. The van der Waals surface area contributed by atoms with Gasteiger partial charge in [0.1, 0.15) is 6.10 Å². The molecule has 2 rings (SSSR count). The average molecular weight is 250 g/mol. The summed E-state index contributed by atoms with van der Waals surface area (Å²) in [5.41, 5.74) is 6.21. The van der Waals surface area contributed by atoms with Crippen LogP contribution < -0.4 is 11.1 Å². The molecule has 5 nitrogen and oxygen atoms in total. The van der Waals surface area contributed by atoms with Gasteiger partial charge in [0.05, 0.1) is 12.7 Å². The van der Waals surface area contributed by atoms with Gasteiger partial charge in [0, 0.05) is 19.0 Å². The maximum absolute atomic E-state index is 10.9. The molecule has 1 aliphatic heterocycles. The lowest BCUT2D eigenvalue weighted by molar-refractivity contribution is -0.119. The highest BCUT2D eigenvalue weighted by molar-refractivity contribution is 5.74. The van der Waals surface area contributed by atoms with E-state index in [1.165, 1.54) is 0 Å². The van der Waals surface area contributed by atoms with Crippen molar-refractivity contribution in [3.63, 3.8) is 0 Å². The number of benzene rings is 1. The topological polar surface area (TPSA) is 84.6 Å². The number of hydrogen-bond acceptors (Lipinski definition) is 4. The lowest BCUT2D eigenvalue weighted by Crippen LogP contribution is -2.38. The van der Waals surface area contributed by atoms with E-state index in [0.29, 0.717) is 13.2 Å². The standard InChI is InChI=1S/C13H18N2O3/c14-12(17)6-10-13(11(16)7-15-10)18-8-9-4-2-1-3-5-9/h1-5,10-11,13,15-16H,6-8H2,(H2,14,17)/t10-,11+,13+/m0/s1. The van der Waals surface area contributed by atoms with E-state index in [1.54, 1.807) is 0 Å². The second kappa shape index (κ2) is 5.95. The number of β-amino-alcohol motifs (C(OH)–C–C–N with tert-alkyl or cyclic N) is 1. The minimum atomic E-state index is -0.599. The molecular weight excluding hydrogens is 232 g/mol. The number of rotatable bonds is 5. The van der Waals surface area contributed by atoms with Crippen molar-refractivity contribution in [3.8, 4) is 0 Å². The van der Waals surface area contributed by atoms with E-state index in [1.807, 2.05) is 30.3 Å². The van der Waals surface area contributed by atoms with Gasteiger partial charge in [0.25, 0.3) is 0 Å². The number of carbonyl (C=O) groups is 1. The molecule has 1 saturated heterocycles. The van der Waals surface area contributed by atoms with Crippen LogP contribution in [0.15, 0.2) is 30.3 Å². The summed E-state index contributed by atoms with van der Waals surface area (Å²) in [6.07, 6.45) is -0.813. The zero-order valence-corrected chi connectivity index (χ0v) is 10.1. The van der Waals surface area contributed by atoms with E-state index in [9.17, 15) is 9.90 Å². The monoisotopic (exact) mass is 250 g/mol. The average Bonchev–Trinajstić information content (AvgIpc) is 2.68. The van der Waals surface area contributed by atoms with Gasteiger partial charge in [-0.1, -0.05) is 30.3 Å². The molecule has 0 unspecified atom stereocenters. The zero-order chi connectivity index (χ0) is 13.0.